The van der Waals surface area contributed by atoms with Gasteiger partial charge in [0, 0.05) is 6.08 Å². The van der Waals surface area contributed by atoms with Gasteiger partial charge in [0.15, 0.2) is 11.7 Å². The van der Waals surface area contributed by atoms with Crippen LogP contribution in [0.4, 0.5) is 0 Å². The second-order valence-corrected chi connectivity index (χ2v) is 4.85. The number of hydrazine groups is 1. The molecule has 0 radical (unpaired) electrons. The van der Waals surface area contributed by atoms with Crippen molar-refractivity contribution in [3.05, 3.63) is 60.6 Å². The van der Waals surface area contributed by atoms with E-state index in [1.807, 2.05) is 6.07 Å². The van der Waals surface area contributed by atoms with Crippen LogP contribution in [0.2, 0.25) is 0 Å². The van der Waals surface area contributed by atoms with Crippen molar-refractivity contribution in [2.75, 3.05) is 6.61 Å². The number of thiocarbonyl (C=S) groups is 1. The van der Waals surface area contributed by atoms with Crippen molar-refractivity contribution in [3.8, 4) is 5.75 Å². The minimum absolute atomic E-state index is 0.0443. The Bertz CT molecular complexity index is 714. The number of para-hydroxylation sites is 1. The Kier molecular flexibility index (Phi) is 6.54. The van der Waals surface area contributed by atoms with Crippen LogP contribution in [0.5, 0.6) is 5.75 Å². The standard InChI is InChI=1S/C16H15N3O4S/c20-14(9-8-13-7-4-10-22-13)17-16(24)19-18-15(21)11-23-12-5-2-1-3-6-12/h1-10H,11H2,(H,18,21)(H2,17,19,20,24). The summed E-state index contributed by atoms with van der Waals surface area (Å²) >= 11 is 4.88. The van der Waals surface area contributed by atoms with Crippen molar-refractivity contribution in [2.24, 2.45) is 0 Å². The average molecular weight is 345 g/mol. The highest BCUT2D eigenvalue weighted by Crippen LogP contribution is 2.07. The van der Waals surface area contributed by atoms with Crippen LogP contribution in [0.1, 0.15) is 5.76 Å². The summed E-state index contributed by atoms with van der Waals surface area (Å²) in [7, 11) is 0. The molecule has 0 bridgehead atoms. The fourth-order valence-corrected chi connectivity index (χ4v) is 1.71. The van der Waals surface area contributed by atoms with Gasteiger partial charge in [0.05, 0.1) is 6.26 Å². The molecule has 0 atom stereocenters. The van der Waals surface area contributed by atoms with Crippen molar-refractivity contribution in [2.45, 2.75) is 0 Å². The minimum Gasteiger partial charge on any atom is -0.484 e. The molecule has 0 fully saturated rings. The number of nitrogens with one attached hydrogen (secondary N) is 3. The van der Waals surface area contributed by atoms with Gasteiger partial charge in [-0.25, -0.2) is 0 Å². The number of hydrogen-bond donors (Lipinski definition) is 3. The molecule has 1 heterocycles. The number of hydrogen-bond acceptors (Lipinski definition) is 5. The summed E-state index contributed by atoms with van der Waals surface area (Å²) in [5, 5.41) is 2.32. The molecule has 8 heteroatoms. The molecular weight excluding hydrogens is 330 g/mol. The Balaban J connectivity index is 1.65. The average Bonchev–Trinajstić information content (AvgIpc) is 3.11. The summed E-state index contributed by atoms with van der Waals surface area (Å²) < 4.78 is 10.3. The van der Waals surface area contributed by atoms with Gasteiger partial charge in [0.25, 0.3) is 5.91 Å². The molecule has 3 N–H and O–H groups in total. The van der Waals surface area contributed by atoms with Crippen LogP contribution in [-0.2, 0) is 9.59 Å². The van der Waals surface area contributed by atoms with E-state index in [0.717, 1.165) is 0 Å². The minimum atomic E-state index is -0.460. The van der Waals surface area contributed by atoms with Crippen molar-refractivity contribution in [3.63, 3.8) is 0 Å². The number of carbonyl (C=O) groups excluding carboxylic acids is 2. The maximum Gasteiger partial charge on any atom is 0.276 e. The quantitative estimate of drug-likeness (QED) is 0.431. The van der Waals surface area contributed by atoms with Gasteiger partial charge in [-0.15, -0.1) is 0 Å². The molecule has 0 saturated carbocycles. The number of carbonyl (C=O) groups is 2. The van der Waals surface area contributed by atoms with Gasteiger partial charge in [-0.2, -0.15) is 0 Å². The molecule has 2 aromatic rings. The molecule has 0 saturated heterocycles. The molecule has 7 nitrogen and oxygen atoms in total. The summed E-state index contributed by atoms with van der Waals surface area (Å²) in [5.74, 6) is 0.210. The van der Waals surface area contributed by atoms with E-state index in [1.54, 1.807) is 36.4 Å². The van der Waals surface area contributed by atoms with Crippen molar-refractivity contribution >= 4 is 35.2 Å². The third kappa shape index (κ3) is 6.32. The van der Waals surface area contributed by atoms with Crippen LogP contribution in [0.15, 0.2) is 59.2 Å². The van der Waals surface area contributed by atoms with Gasteiger partial charge >= 0.3 is 0 Å². The molecule has 124 valence electrons. The highest BCUT2D eigenvalue weighted by molar-refractivity contribution is 7.80. The molecule has 0 spiro atoms. The summed E-state index contributed by atoms with van der Waals surface area (Å²) in [6, 6.07) is 12.3. The summed E-state index contributed by atoms with van der Waals surface area (Å²) in [5.41, 5.74) is 4.72. The lowest BCUT2D eigenvalue weighted by Crippen LogP contribution is -2.49. The largest absolute Gasteiger partial charge is 0.484 e. The van der Waals surface area contributed by atoms with E-state index < -0.39 is 11.8 Å². The molecule has 2 rings (SSSR count). The van der Waals surface area contributed by atoms with Gasteiger partial charge in [0.1, 0.15) is 11.5 Å². The predicted octanol–water partition coefficient (Wildman–Crippen LogP) is 1.39. The molecule has 0 unspecified atom stereocenters. The van der Waals surface area contributed by atoms with E-state index in [2.05, 4.69) is 16.2 Å². The zero-order chi connectivity index (χ0) is 17.2. The third-order valence-electron chi connectivity index (χ3n) is 2.61. The zero-order valence-corrected chi connectivity index (χ0v) is 13.3. The van der Waals surface area contributed by atoms with Crippen LogP contribution >= 0.6 is 12.2 Å². The van der Waals surface area contributed by atoms with Crippen molar-refractivity contribution in [1.82, 2.24) is 16.2 Å². The lowest BCUT2D eigenvalue weighted by atomic mass is 10.3. The second-order valence-electron chi connectivity index (χ2n) is 4.44. The van der Waals surface area contributed by atoms with Gasteiger partial charge in [0.2, 0.25) is 5.91 Å². The highest BCUT2D eigenvalue weighted by Gasteiger charge is 2.05. The van der Waals surface area contributed by atoms with E-state index in [4.69, 9.17) is 21.4 Å². The predicted molar refractivity (Wildman–Crippen MR) is 91.7 cm³/mol. The van der Waals surface area contributed by atoms with E-state index in [-0.39, 0.29) is 11.7 Å². The van der Waals surface area contributed by atoms with Gasteiger partial charge in [-0.05, 0) is 42.6 Å². The van der Waals surface area contributed by atoms with Gasteiger partial charge < -0.3 is 9.15 Å². The van der Waals surface area contributed by atoms with Crippen molar-refractivity contribution < 1.29 is 18.7 Å². The normalized spacial score (nSPS) is 10.2. The maximum atomic E-state index is 11.6. The third-order valence-corrected chi connectivity index (χ3v) is 2.81. The molecule has 1 aromatic heterocycles. The smallest absolute Gasteiger partial charge is 0.276 e. The van der Waals surface area contributed by atoms with E-state index in [1.165, 1.54) is 18.4 Å². The van der Waals surface area contributed by atoms with E-state index in [0.29, 0.717) is 11.5 Å². The Morgan fingerprint density at radius 2 is 1.92 bits per heavy atom. The Morgan fingerprint density at radius 3 is 2.62 bits per heavy atom. The Hall–Kier alpha value is -3.13. The first-order chi connectivity index (χ1) is 11.6. The fourth-order valence-electron chi connectivity index (χ4n) is 1.56. The lowest BCUT2D eigenvalue weighted by molar-refractivity contribution is -0.123. The maximum absolute atomic E-state index is 11.6. The number of amides is 2. The fraction of sp³-hybridized carbons (Fsp3) is 0.0625. The van der Waals surface area contributed by atoms with Gasteiger partial charge in [-0.1, -0.05) is 18.2 Å². The first kappa shape index (κ1) is 17.2. The monoisotopic (exact) mass is 345 g/mol. The SMILES string of the molecule is O=C(C=Cc1ccco1)NC(=S)NNC(=O)COc1ccccc1. The Morgan fingerprint density at radius 1 is 1.12 bits per heavy atom. The molecule has 0 aliphatic carbocycles. The van der Waals surface area contributed by atoms with E-state index in [9.17, 15) is 9.59 Å². The molecule has 24 heavy (non-hydrogen) atoms. The van der Waals surface area contributed by atoms with Crippen LogP contribution in [-0.4, -0.2) is 23.5 Å². The van der Waals surface area contributed by atoms with Crippen LogP contribution < -0.4 is 20.9 Å². The van der Waals surface area contributed by atoms with Gasteiger partial charge in [-0.3, -0.25) is 25.8 Å². The topological polar surface area (TPSA) is 92.6 Å². The van der Waals surface area contributed by atoms with Crippen LogP contribution in [0.3, 0.4) is 0 Å². The summed E-state index contributed by atoms with van der Waals surface area (Å²) in [6.07, 6.45) is 4.24. The number of furan rings is 1. The number of rotatable bonds is 5. The second kappa shape index (κ2) is 9.11. The van der Waals surface area contributed by atoms with Crippen molar-refractivity contribution in [1.29, 1.82) is 0 Å². The zero-order valence-electron chi connectivity index (χ0n) is 12.5. The molecule has 1 aromatic carbocycles. The van der Waals surface area contributed by atoms with Crippen LogP contribution in [0.25, 0.3) is 6.08 Å². The number of ether oxygens (including phenoxy) is 1. The molecule has 0 aliphatic heterocycles. The first-order valence-electron chi connectivity index (χ1n) is 6.93. The molecule has 0 aliphatic rings. The molecular formula is C16H15N3O4S. The van der Waals surface area contributed by atoms with E-state index >= 15 is 0 Å². The van der Waals surface area contributed by atoms with Crippen LogP contribution in [0, 0.1) is 0 Å². The first-order valence-corrected chi connectivity index (χ1v) is 7.33. The lowest BCUT2D eigenvalue weighted by Gasteiger charge is -2.10. The Labute approximate surface area is 143 Å². The summed E-state index contributed by atoms with van der Waals surface area (Å²) in [4.78, 5) is 23.2. The summed E-state index contributed by atoms with van der Waals surface area (Å²) in [6.45, 7) is -0.189. The number of benzene rings is 1. The highest BCUT2D eigenvalue weighted by atomic mass is 32.1. The molecule has 2 amide bonds.